The zero-order chi connectivity index (χ0) is 23.3. The molecule has 7 nitrogen and oxygen atoms in total. The van der Waals surface area contributed by atoms with Gasteiger partial charge in [0.05, 0.1) is 22.0 Å². The Morgan fingerprint density at radius 3 is 2.76 bits per heavy atom. The maximum absolute atomic E-state index is 13.6. The van der Waals surface area contributed by atoms with Crippen LogP contribution in [0.5, 0.6) is 5.75 Å². The number of hydrogen-bond acceptors (Lipinski definition) is 6. The van der Waals surface area contributed by atoms with Crippen molar-refractivity contribution < 1.29 is 18.5 Å². The summed E-state index contributed by atoms with van der Waals surface area (Å²) in [6.07, 6.45) is 1.62. The lowest BCUT2D eigenvalue weighted by Crippen LogP contribution is -2.29. The van der Waals surface area contributed by atoms with Crippen LogP contribution in [0, 0.1) is 6.92 Å². The van der Waals surface area contributed by atoms with Crippen LogP contribution in [-0.2, 0) is 0 Å². The van der Waals surface area contributed by atoms with Crippen LogP contribution in [0.1, 0.15) is 33.5 Å². The Labute approximate surface area is 197 Å². The highest BCUT2D eigenvalue weighted by atomic mass is 35.5. The summed E-state index contributed by atoms with van der Waals surface area (Å²) in [4.78, 5) is 28.5. The Bertz CT molecular complexity index is 1490. The molecule has 1 unspecified atom stereocenters. The summed E-state index contributed by atoms with van der Waals surface area (Å²) in [7, 11) is 0. The number of carbonyl (C=O) groups excluding carboxylic acids is 1. The maximum atomic E-state index is 13.6. The summed E-state index contributed by atoms with van der Waals surface area (Å²) in [6, 6.07) is 10.8. The molecule has 0 bridgehead atoms. The van der Waals surface area contributed by atoms with Gasteiger partial charge in [-0.05, 0) is 36.8 Å². The molecule has 1 amide bonds. The molecule has 1 atom stereocenters. The van der Waals surface area contributed by atoms with Gasteiger partial charge in [-0.1, -0.05) is 53.1 Å². The lowest BCUT2D eigenvalue weighted by molar-refractivity contribution is 0.0969. The van der Waals surface area contributed by atoms with E-state index in [2.05, 4.69) is 11.7 Å². The molecule has 0 aliphatic carbocycles. The summed E-state index contributed by atoms with van der Waals surface area (Å²) in [5.41, 5.74) is 0.476. The SMILES string of the molecule is C=CCOc1cccc(C2c3c(oc4c(Cl)cc(Cl)cc4c3=O)C(=O)N2c2cc(C)on2)c1. The molecule has 9 heteroatoms. The molecule has 33 heavy (non-hydrogen) atoms. The number of halogens is 2. The number of carbonyl (C=O) groups is 1. The van der Waals surface area contributed by atoms with Gasteiger partial charge in [-0.3, -0.25) is 14.5 Å². The third kappa shape index (κ3) is 3.50. The predicted molar refractivity (Wildman–Crippen MR) is 125 cm³/mol. The van der Waals surface area contributed by atoms with Gasteiger partial charge >= 0.3 is 0 Å². The van der Waals surface area contributed by atoms with Crippen LogP contribution < -0.4 is 15.1 Å². The molecule has 3 heterocycles. The van der Waals surface area contributed by atoms with Crippen molar-refractivity contribution in [2.24, 2.45) is 0 Å². The molecule has 4 aromatic rings. The average Bonchev–Trinajstić information content (AvgIpc) is 3.34. The first kappa shape index (κ1) is 21.3. The average molecular weight is 483 g/mol. The van der Waals surface area contributed by atoms with E-state index in [1.54, 1.807) is 43.3 Å². The van der Waals surface area contributed by atoms with Crippen molar-refractivity contribution in [1.29, 1.82) is 0 Å². The van der Waals surface area contributed by atoms with E-state index in [4.69, 9.17) is 36.9 Å². The fourth-order valence-electron chi connectivity index (χ4n) is 3.95. The van der Waals surface area contributed by atoms with Gasteiger partial charge in [0, 0.05) is 11.1 Å². The molecule has 0 saturated carbocycles. The first-order valence-electron chi connectivity index (χ1n) is 9.95. The summed E-state index contributed by atoms with van der Waals surface area (Å²) in [5, 5.41) is 4.60. The lowest BCUT2D eigenvalue weighted by atomic mass is 9.98. The number of rotatable bonds is 5. The third-order valence-electron chi connectivity index (χ3n) is 5.30. The van der Waals surface area contributed by atoms with Gasteiger partial charge in [0.25, 0.3) is 5.91 Å². The number of aryl methyl sites for hydroxylation is 1. The Morgan fingerprint density at radius 2 is 2.03 bits per heavy atom. The van der Waals surface area contributed by atoms with E-state index in [9.17, 15) is 9.59 Å². The predicted octanol–water partition coefficient (Wildman–Crippen LogP) is 5.71. The smallest absolute Gasteiger partial charge is 0.296 e. The van der Waals surface area contributed by atoms with Crippen molar-refractivity contribution in [2.75, 3.05) is 11.5 Å². The van der Waals surface area contributed by atoms with E-state index >= 15 is 0 Å². The van der Waals surface area contributed by atoms with Gasteiger partial charge in [-0.15, -0.1) is 0 Å². The van der Waals surface area contributed by atoms with Crippen molar-refractivity contribution in [3.05, 3.63) is 98.0 Å². The highest BCUT2D eigenvalue weighted by molar-refractivity contribution is 6.38. The molecule has 0 spiro atoms. The molecule has 2 aromatic carbocycles. The fourth-order valence-corrected chi connectivity index (χ4v) is 4.48. The van der Waals surface area contributed by atoms with E-state index < -0.39 is 17.4 Å². The van der Waals surface area contributed by atoms with E-state index in [0.29, 0.717) is 23.7 Å². The lowest BCUT2D eigenvalue weighted by Gasteiger charge is -2.22. The van der Waals surface area contributed by atoms with E-state index in [0.717, 1.165) is 0 Å². The summed E-state index contributed by atoms with van der Waals surface area (Å²) >= 11 is 12.4. The molecule has 1 aliphatic rings. The number of aromatic nitrogens is 1. The third-order valence-corrected chi connectivity index (χ3v) is 5.79. The Hall–Kier alpha value is -3.55. The minimum absolute atomic E-state index is 0.0955. The van der Waals surface area contributed by atoms with Gasteiger partial charge < -0.3 is 13.7 Å². The molecule has 0 fully saturated rings. The van der Waals surface area contributed by atoms with Crippen molar-refractivity contribution in [3.63, 3.8) is 0 Å². The molecular weight excluding hydrogens is 467 g/mol. The number of anilines is 1. The molecule has 1 aliphatic heterocycles. The van der Waals surface area contributed by atoms with E-state index in [1.807, 2.05) is 0 Å². The van der Waals surface area contributed by atoms with Gasteiger partial charge in [0.15, 0.2) is 16.8 Å². The second-order valence-electron chi connectivity index (χ2n) is 7.48. The van der Waals surface area contributed by atoms with Crippen molar-refractivity contribution in [3.8, 4) is 5.75 Å². The van der Waals surface area contributed by atoms with Crippen LogP contribution in [0.3, 0.4) is 0 Å². The van der Waals surface area contributed by atoms with E-state index in [1.165, 1.54) is 17.0 Å². The Balaban J connectivity index is 1.79. The molecular formula is C24H16Cl2N2O5. The van der Waals surface area contributed by atoms with E-state index in [-0.39, 0.29) is 38.2 Å². The molecule has 0 N–H and O–H groups in total. The highest BCUT2D eigenvalue weighted by Gasteiger charge is 2.45. The normalized spacial score (nSPS) is 15.2. The van der Waals surface area contributed by atoms with Gasteiger partial charge in [0.1, 0.15) is 18.1 Å². The zero-order valence-corrected chi connectivity index (χ0v) is 18.8. The fraction of sp³-hybridized carbons (Fsp3) is 0.125. The number of amides is 1. The monoisotopic (exact) mass is 482 g/mol. The van der Waals surface area contributed by atoms with Crippen molar-refractivity contribution >= 4 is 45.9 Å². The molecule has 0 saturated heterocycles. The first-order chi connectivity index (χ1) is 15.9. The van der Waals surface area contributed by atoms with Crippen LogP contribution in [-0.4, -0.2) is 17.7 Å². The number of nitrogens with zero attached hydrogens (tertiary/aromatic N) is 2. The van der Waals surface area contributed by atoms with Crippen LogP contribution in [0.4, 0.5) is 5.82 Å². The van der Waals surface area contributed by atoms with Crippen molar-refractivity contribution in [2.45, 2.75) is 13.0 Å². The minimum atomic E-state index is -0.831. The van der Waals surface area contributed by atoms with Crippen LogP contribution in [0.25, 0.3) is 11.0 Å². The van der Waals surface area contributed by atoms with Crippen LogP contribution in [0.2, 0.25) is 10.0 Å². The number of ether oxygens (including phenoxy) is 1. The van der Waals surface area contributed by atoms with Gasteiger partial charge in [-0.2, -0.15) is 0 Å². The molecule has 166 valence electrons. The highest BCUT2D eigenvalue weighted by Crippen LogP contribution is 2.42. The Kier molecular flexibility index (Phi) is 5.23. The van der Waals surface area contributed by atoms with Gasteiger partial charge in [-0.25, -0.2) is 0 Å². The van der Waals surface area contributed by atoms with Crippen LogP contribution >= 0.6 is 23.2 Å². The first-order valence-corrected chi connectivity index (χ1v) is 10.7. The van der Waals surface area contributed by atoms with Crippen molar-refractivity contribution in [1.82, 2.24) is 5.16 Å². The topological polar surface area (TPSA) is 85.8 Å². The Morgan fingerprint density at radius 1 is 1.21 bits per heavy atom. The second-order valence-corrected chi connectivity index (χ2v) is 8.33. The molecule has 0 radical (unpaired) electrons. The quantitative estimate of drug-likeness (QED) is 0.338. The summed E-state index contributed by atoms with van der Waals surface area (Å²) < 4.78 is 16.8. The number of hydrogen-bond donors (Lipinski definition) is 0. The van der Waals surface area contributed by atoms with Gasteiger partial charge in [0.2, 0.25) is 5.76 Å². The molecule has 5 rings (SSSR count). The summed E-state index contributed by atoms with van der Waals surface area (Å²) in [6.45, 7) is 5.67. The number of fused-ring (bicyclic) bond motifs is 2. The largest absolute Gasteiger partial charge is 0.490 e. The van der Waals surface area contributed by atoms with Crippen LogP contribution in [0.15, 0.2) is 68.9 Å². The maximum Gasteiger partial charge on any atom is 0.296 e. The standard InChI is InChI=1S/C24H16Cl2N2O5/c1-3-7-31-15-6-4-5-13(9-15)20-19-21(29)16-10-14(25)11-17(26)22(16)32-23(19)24(30)28(20)18-8-12(2)33-27-18/h3-6,8-11,20H,1,7H2,2H3. The number of benzene rings is 2. The second kappa shape index (κ2) is 8.10. The molecule has 2 aromatic heterocycles. The minimum Gasteiger partial charge on any atom is -0.490 e. The summed E-state index contributed by atoms with van der Waals surface area (Å²) in [5.74, 6) is 0.667. The zero-order valence-electron chi connectivity index (χ0n) is 17.3.